The fraction of sp³-hybridized carbons (Fsp3) is 0.381. The van der Waals surface area contributed by atoms with Gasteiger partial charge in [-0.1, -0.05) is 18.2 Å². The molecule has 2 aromatic rings. The number of amides is 1. The number of rotatable bonds is 7. The predicted molar refractivity (Wildman–Crippen MR) is 99.6 cm³/mol. The van der Waals surface area contributed by atoms with Crippen molar-refractivity contribution in [2.24, 2.45) is 0 Å². The van der Waals surface area contributed by atoms with Crippen LogP contribution < -0.4 is 14.8 Å². The van der Waals surface area contributed by atoms with Gasteiger partial charge in [0.1, 0.15) is 11.5 Å². The average molecular weight is 339 g/mol. The van der Waals surface area contributed by atoms with Gasteiger partial charge >= 0.3 is 0 Å². The summed E-state index contributed by atoms with van der Waals surface area (Å²) >= 11 is 0. The zero-order chi connectivity index (χ0) is 17.6. The van der Waals surface area contributed by atoms with Crippen molar-refractivity contribution in [2.75, 3.05) is 19.5 Å². The van der Waals surface area contributed by atoms with Crippen LogP contribution in [0.5, 0.6) is 11.5 Å². The molecule has 0 radical (unpaired) electrons. The van der Waals surface area contributed by atoms with Crippen molar-refractivity contribution in [3.63, 3.8) is 0 Å². The van der Waals surface area contributed by atoms with Gasteiger partial charge in [-0.15, -0.1) is 0 Å². The number of benzene rings is 2. The second-order valence-corrected chi connectivity index (χ2v) is 6.38. The molecule has 25 heavy (non-hydrogen) atoms. The Labute approximate surface area is 149 Å². The first kappa shape index (κ1) is 17.3. The van der Waals surface area contributed by atoms with E-state index in [9.17, 15) is 4.79 Å². The molecule has 1 N–H and O–H groups in total. The lowest BCUT2D eigenvalue weighted by Gasteiger charge is -2.15. The summed E-state index contributed by atoms with van der Waals surface area (Å²) in [7, 11) is 3.31. The Kier molecular flexibility index (Phi) is 5.59. The third-order valence-electron chi connectivity index (χ3n) is 4.76. The summed E-state index contributed by atoms with van der Waals surface area (Å²) in [5, 5.41) is 3.08. The first-order chi connectivity index (χ1) is 12.2. The Morgan fingerprint density at radius 1 is 1.04 bits per heavy atom. The Morgan fingerprint density at radius 3 is 2.56 bits per heavy atom. The summed E-state index contributed by atoms with van der Waals surface area (Å²) in [6, 6.07) is 12.1. The lowest BCUT2D eigenvalue weighted by atomic mass is 10.1. The van der Waals surface area contributed by atoms with Crippen molar-refractivity contribution >= 4 is 11.6 Å². The molecule has 0 aromatic heterocycles. The SMILES string of the molecule is COc1ccc(CCCC(=O)Nc2c(OC)ccc3c2CCC3)cc1. The Bertz CT molecular complexity index is 738. The van der Waals surface area contributed by atoms with Crippen molar-refractivity contribution in [3.8, 4) is 11.5 Å². The molecule has 4 heteroatoms. The molecule has 0 saturated heterocycles. The Balaban J connectivity index is 1.57. The van der Waals surface area contributed by atoms with Gasteiger partial charge in [-0.25, -0.2) is 0 Å². The second kappa shape index (κ2) is 8.06. The van der Waals surface area contributed by atoms with Gasteiger partial charge in [0.05, 0.1) is 19.9 Å². The lowest BCUT2D eigenvalue weighted by Crippen LogP contribution is -2.14. The number of anilines is 1. The smallest absolute Gasteiger partial charge is 0.224 e. The highest BCUT2D eigenvalue weighted by molar-refractivity contribution is 5.93. The van der Waals surface area contributed by atoms with Crippen molar-refractivity contribution in [3.05, 3.63) is 53.1 Å². The van der Waals surface area contributed by atoms with E-state index >= 15 is 0 Å². The number of hydrogen-bond donors (Lipinski definition) is 1. The van der Waals surface area contributed by atoms with E-state index in [1.807, 2.05) is 30.3 Å². The molecule has 1 aliphatic rings. The van der Waals surface area contributed by atoms with Gasteiger partial charge < -0.3 is 14.8 Å². The van der Waals surface area contributed by atoms with Gasteiger partial charge in [-0.3, -0.25) is 4.79 Å². The minimum Gasteiger partial charge on any atom is -0.497 e. The first-order valence-corrected chi connectivity index (χ1v) is 8.83. The molecule has 0 saturated carbocycles. The standard InChI is InChI=1S/C21H25NO3/c1-24-17-12-9-15(10-13-17)5-3-8-20(23)22-21-18-7-4-6-16(18)11-14-19(21)25-2/h9-14H,3-8H2,1-2H3,(H,22,23). The van der Waals surface area contributed by atoms with Crippen LogP contribution in [0.25, 0.3) is 0 Å². The fourth-order valence-corrected chi connectivity index (χ4v) is 3.40. The van der Waals surface area contributed by atoms with Gasteiger partial charge in [0.25, 0.3) is 0 Å². The zero-order valence-electron chi connectivity index (χ0n) is 14.9. The molecule has 0 aliphatic heterocycles. The summed E-state index contributed by atoms with van der Waals surface area (Å²) in [4.78, 5) is 12.4. The third-order valence-corrected chi connectivity index (χ3v) is 4.76. The summed E-state index contributed by atoms with van der Waals surface area (Å²) in [5.41, 5.74) is 4.65. The van der Waals surface area contributed by atoms with Crippen LogP contribution in [0, 0.1) is 0 Å². The number of hydrogen-bond acceptors (Lipinski definition) is 3. The average Bonchev–Trinajstić information content (AvgIpc) is 3.12. The Morgan fingerprint density at radius 2 is 1.84 bits per heavy atom. The lowest BCUT2D eigenvalue weighted by molar-refractivity contribution is -0.116. The third kappa shape index (κ3) is 4.13. The molecule has 0 fully saturated rings. The number of ether oxygens (including phenoxy) is 2. The molecule has 3 rings (SSSR count). The first-order valence-electron chi connectivity index (χ1n) is 8.83. The van der Waals surface area contributed by atoms with E-state index < -0.39 is 0 Å². The fourth-order valence-electron chi connectivity index (χ4n) is 3.40. The molecule has 1 aliphatic carbocycles. The summed E-state index contributed by atoms with van der Waals surface area (Å²) in [6.07, 6.45) is 5.42. The van der Waals surface area contributed by atoms with Gasteiger partial charge in [-0.2, -0.15) is 0 Å². The zero-order valence-corrected chi connectivity index (χ0v) is 14.9. The molecular weight excluding hydrogens is 314 g/mol. The maximum Gasteiger partial charge on any atom is 0.224 e. The van der Waals surface area contributed by atoms with Crippen LogP contribution in [0.4, 0.5) is 5.69 Å². The molecule has 1 amide bonds. The molecule has 0 spiro atoms. The monoisotopic (exact) mass is 339 g/mol. The number of fused-ring (bicyclic) bond motifs is 1. The molecule has 0 heterocycles. The molecular formula is C21H25NO3. The van der Waals surface area contributed by atoms with E-state index in [2.05, 4.69) is 11.4 Å². The van der Waals surface area contributed by atoms with Crippen LogP contribution >= 0.6 is 0 Å². The van der Waals surface area contributed by atoms with E-state index in [1.54, 1.807) is 14.2 Å². The van der Waals surface area contributed by atoms with E-state index in [0.29, 0.717) is 6.42 Å². The Hall–Kier alpha value is -2.49. The largest absolute Gasteiger partial charge is 0.497 e. The molecule has 0 atom stereocenters. The van der Waals surface area contributed by atoms with E-state index in [-0.39, 0.29) is 5.91 Å². The quantitative estimate of drug-likeness (QED) is 0.824. The minimum atomic E-state index is 0.0483. The highest BCUT2D eigenvalue weighted by Crippen LogP contribution is 2.36. The second-order valence-electron chi connectivity index (χ2n) is 6.38. The number of carbonyl (C=O) groups is 1. The van der Waals surface area contributed by atoms with Crippen LogP contribution in [0.1, 0.15) is 36.0 Å². The molecule has 0 unspecified atom stereocenters. The van der Waals surface area contributed by atoms with Crippen molar-refractivity contribution < 1.29 is 14.3 Å². The predicted octanol–water partition coefficient (Wildman–Crippen LogP) is 4.15. The van der Waals surface area contributed by atoms with Gasteiger partial charge in [-0.05, 0) is 67.0 Å². The number of nitrogens with one attached hydrogen (secondary N) is 1. The molecule has 132 valence electrons. The molecule has 4 nitrogen and oxygen atoms in total. The summed E-state index contributed by atoms with van der Waals surface area (Å²) < 4.78 is 10.6. The molecule has 2 aromatic carbocycles. The van der Waals surface area contributed by atoms with Gasteiger partial charge in [0.15, 0.2) is 0 Å². The van der Waals surface area contributed by atoms with Crippen LogP contribution in [0.2, 0.25) is 0 Å². The maximum absolute atomic E-state index is 12.4. The van der Waals surface area contributed by atoms with Crippen molar-refractivity contribution in [1.82, 2.24) is 0 Å². The maximum atomic E-state index is 12.4. The minimum absolute atomic E-state index is 0.0483. The molecule has 0 bridgehead atoms. The van der Waals surface area contributed by atoms with E-state index in [0.717, 1.165) is 49.3 Å². The summed E-state index contributed by atoms with van der Waals surface area (Å²) in [6.45, 7) is 0. The number of carbonyl (C=O) groups excluding carboxylic acids is 1. The number of methoxy groups -OCH3 is 2. The van der Waals surface area contributed by atoms with Gasteiger partial charge in [0, 0.05) is 6.42 Å². The summed E-state index contributed by atoms with van der Waals surface area (Å²) in [5.74, 6) is 1.66. The van der Waals surface area contributed by atoms with Crippen molar-refractivity contribution in [2.45, 2.75) is 38.5 Å². The van der Waals surface area contributed by atoms with Crippen LogP contribution in [0.3, 0.4) is 0 Å². The highest BCUT2D eigenvalue weighted by Gasteiger charge is 2.19. The van der Waals surface area contributed by atoms with Gasteiger partial charge in [0.2, 0.25) is 5.91 Å². The van der Waals surface area contributed by atoms with Crippen LogP contribution in [0.15, 0.2) is 36.4 Å². The normalized spacial score (nSPS) is 12.6. The van der Waals surface area contributed by atoms with Crippen LogP contribution in [-0.4, -0.2) is 20.1 Å². The van der Waals surface area contributed by atoms with E-state index in [1.165, 1.54) is 16.7 Å². The highest BCUT2D eigenvalue weighted by atomic mass is 16.5. The van der Waals surface area contributed by atoms with E-state index in [4.69, 9.17) is 9.47 Å². The van der Waals surface area contributed by atoms with Crippen LogP contribution in [-0.2, 0) is 24.1 Å². The topological polar surface area (TPSA) is 47.6 Å². The number of aryl methyl sites for hydroxylation is 2. The van der Waals surface area contributed by atoms with Crippen molar-refractivity contribution in [1.29, 1.82) is 0 Å².